The molecule has 1 fully saturated rings. The van der Waals surface area contributed by atoms with Crippen molar-refractivity contribution in [3.63, 3.8) is 0 Å². The number of hydrogen-bond donors (Lipinski definition) is 0. The van der Waals surface area contributed by atoms with Gasteiger partial charge >= 0.3 is 0 Å². The Morgan fingerprint density at radius 1 is 1.06 bits per heavy atom. The fourth-order valence-corrected chi connectivity index (χ4v) is 2.48. The van der Waals surface area contributed by atoms with Gasteiger partial charge in [-0.15, -0.1) is 0 Å². The van der Waals surface area contributed by atoms with Crippen LogP contribution in [0, 0.1) is 0 Å². The maximum atomic E-state index is 5.94. The van der Waals surface area contributed by atoms with E-state index in [4.69, 9.17) is 14.2 Å². The smallest absolute Gasteiger partial charge is 0.167 e. The van der Waals surface area contributed by atoms with Crippen molar-refractivity contribution in [1.29, 1.82) is 0 Å². The Morgan fingerprint density at radius 3 is 2.22 bits per heavy atom. The first-order valence-electron chi connectivity index (χ1n) is 6.54. The minimum Gasteiger partial charge on any atom is -0.374 e. The summed E-state index contributed by atoms with van der Waals surface area (Å²) in [5.74, 6) is -0.382. The Balaban J connectivity index is 1.77. The number of ether oxygens (including phenoxy) is 3. The molecular formula is C15H22O3. The largest absolute Gasteiger partial charge is 0.374 e. The van der Waals surface area contributed by atoms with Crippen molar-refractivity contribution in [3.05, 3.63) is 35.9 Å². The van der Waals surface area contributed by atoms with Crippen LogP contribution in [0.2, 0.25) is 0 Å². The second-order valence-electron chi connectivity index (χ2n) is 4.81. The van der Waals surface area contributed by atoms with Gasteiger partial charge in [0.2, 0.25) is 0 Å². The van der Waals surface area contributed by atoms with Gasteiger partial charge in [-0.1, -0.05) is 30.3 Å². The van der Waals surface area contributed by atoms with E-state index in [0.29, 0.717) is 12.7 Å². The highest BCUT2D eigenvalue weighted by Crippen LogP contribution is 2.33. The first-order valence-corrected chi connectivity index (χ1v) is 6.54. The Labute approximate surface area is 109 Å². The fourth-order valence-electron chi connectivity index (χ4n) is 2.48. The quantitative estimate of drug-likeness (QED) is 0.751. The maximum Gasteiger partial charge on any atom is 0.167 e. The van der Waals surface area contributed by atoms with Crippen LogP contribution >= 0.6 is 0 Å². The lowest BCUT2D eigenvalue weighted by molar-refractivity contribution is -0.234. The van der Waals surface area contributed by atoms with Crippen molar-refractivity contribution in [3.8, 4) is 0 Å². The molecule has 18 heavy (non-hydrogen) atoms. The average Bonchev–Trinajstić information content (AvgIpc) is 2.47. The lowest BCUT2D eigenvalue weighted by Crippen LogP contribution is -2.40. The molecule has 3 heteroatoms. The van der Waals surface area contributed by atoms with Gasteiger partial charge in [0.15, 0.2) is 5.79 Å². The van der Waals surface area contributed by atoms with Crippen LogP contribution in [-0.4, -0.2) is 26.1 Å². The summed E-state index contributed by atoms with van der Waals surface area (Å²) in [6, 6.07) is 10.3. The standard InChI is InChI=1S/C15H22O3/c1-16-15(17-2)10-8-14(9-11-15)18-12-13-6-4-3-5-7-13/h3-7,14H,8-12H2,1-2H3. The second-order valence-corrected chi connectivity index (χ2v) is 4.81. The third-order valence-corrected chi connectivity index (χ3v) is 3.77. The van der Waals surface area contributed by atoms with E-state index in [0.717, 1.165) is 25.7 Å². The van der Waals surface area contributed by atoms with E-state index < -0.39 is 0 Å². The molecule has 1 aromatic carbocycles. The summed E-state index contributed by atoms with van der Waals surface area (Å²) in [6.45, 7) is 0.693. The van der Waals surface area contributed by atoms with Gasteiger partial charge < -0.3 is 14.2 Å². The minimum absolute atomic E-state index is 0.323. The van der Waals surface area contributed by atoms with Crippen molar-refractivity contribution < 1.29 is 14.2 Å². The first kappa shape index (κ1) is 13.5. The van der Waals surface area contributed by atoms with E-state index in [1.807, 2.05) is 18.2 Å². The predicted octanol–water partition coefficient (Wildman–Crippen LogP) is 3.13. The summed E-state index contributed by atoms with van der Waals surface area (Å²) >= 11 is 0. The molecule has 0 saturated heterocycles. The molecule has 0 unspecified atom stereocenters. The summed E-state index contributed by atoms with van der Waals surface area (Å²) in [6.07, 6.45) is 4.12. The van der Waals surface area contributed by atoms with Gasteiger partial charge in [0, 0.05) is 27.1 Å². The third kappa shape index (κ3) is 3.31. The molecule has 0 N–H and O–H groups in total. The van der Waals surface area contributed by atoms with Crippen molar-refractivity contribution in [2.75, 3.05) is 14.2 Å². The van der Waals surface area contributed by atoms with Gasteiger partial charge in [-0.05, 0) is 18.4 Å². The number of rotatable bonds is 5. The van der Waals surface area contributed by atoms with Crippen LogP contribution < -0.4 is 0 Å². The summed E-state index contributed by atoms with van der Waals surface area (Å²) in [5, 5.41) is 0. The van der Waals surface area contributed by atoms with Gasteiger partial charge in [0.05, 0.1) is 12.7 Å². The highest BCUT2D eigenvalue weighted by Gasteiger charge is 2.35. The van der Waals surface area contributed by atoms with Gasteiger partial charge in [-0.2, -0.15) is 0 Å². The van der Waals surface area contributed by atoms with Crippen molar-refractivity contribution >= 4 is 0 Å². The maximum absolute atomic E-state index is 5.94. The molecule has 100 valence electrons. The first-order chi connectivity index (χ1) is 8.78. The molecule has 1 saturated carbocycles. The van der Waals surface area contributed by atoms with E-state index in [-0.39, 0.29) is 5.79 Å². The van der Waals surface area contributed by atoms with E-state index in [1.165, 1.54) is 5.56 Å². The SMILES string of the molecule is COC1(OC)CCC(OCc2ccccc2)CC1. The van der Waals surface area contributed by atoms with Crippen LogP contribution in [0.3, 0.4) is 0 Å². The summed E-state index contributed by atoms with van der Waals surface area (Å²) in [5.41, 5.74) is 1.23. The topological polar surface area (TPSA) is 27.7 Å². The lowest BCUT2D eigenvalue weighted by Gasteiger charge is -2.37. The molecule has 3 nitrogen and oxygen atoms in total. The van der Waals surface area contributed by atoms with Crippen molar-refractivity contribution in [2.24, 2.45) is 0 Å². The Hall–Kier alpha value is -0.900. The van der Waals surface area contributed by atoms with Crippen molar-refractivity contribution in [2.45, 2.75) is 44.2 Å². The van der Waals surface area contributed by atoms with Crippen LogP contribution in [0.25, 0.3) is 0 Å². The van der Waals surface area contributed by atoms with Crippen molar-refractivity contribution in [1.82, 2.24) is 0 Å². The Kier molecular flexibility index (Phi) is 4.75. The molecule has 1 aromatic rings. The molecule has 0 bridgehead atoms. The molecule has 2 rings (SSSR count). The van der Waals surface area contributed by atoms with Crippen LogP contribution in [0.4, 0.5) is 0 Å². The monoisotopic (exact) mass is 250 g/mol. The molecule has 0 heterocycles. The predicted molar refractivity (Wildman–Crippen MR) is 70.2 cm³/mol. The van der Waals surface area contributed by atoms with Gasteiger partial charge in [-0.25, -0.2) is 0 Å². The number of benzene rings is 1. The van der Waals surface area contributed by atoms with Crippen LogP contribution in [0.1, 0.15) is 31.2 Å². The molecule has 0 atom stereocenters. The van der Waals surface area contributed by atoms with E-state index in [9.17, 15) is 0 Å². The number of hydrogen-bond acceptors (Lipinski definition) is 3. The van der Waals surface area contributed by atoms with E-state index >= 15 is 0 Å². The zero-order chi connectivity index (χ0) is 12.8. The van der Waals surface area contributed by atoms with Crippen LogP contribution in [0.15, 0.2) is 30.3 Å². The fraction of sp³-hybridized carbons (Fsp3) is 0.600. The summed E-state index contributed by atoms with van der Waals surface area (Å²) in [4.78, 5) is 0. The molecular weight excluding hydrogens is 228 g/mol. The van der Waals surface area contributed by atoms with Gasteiger partial charge in [-0.3, -0.25) is 0 Å². The zero-order valence-electron chi connectivity index (χ0n) is 11.2. The summed E-state index contributed by atoms with van der Waals surface area (Å²) < 4.78 is 16.9. The molecule has 0 spiro atoms. The molecule has 0 amide bonds. The molecule has 1 aliphatic rings. The summed E-state index contributed by atoms with van der Waals surface area (Å²) in [7, 11) is 3.43. The minimum atomic E-state index is -0.382. The third-order valence-electron chi connectivity index (χ3n) is 3.77. The van der Waals surface area contributed by atoms with Crippen LogP contribution in [0.5, 0.6) is 0 Å². The van der Waals surface area contributed by atoms with E-state index in [2.05, 4.69) is 12.1 Å². The number of methoxy groups -OCH3 is 2. The normalized spacial score (nSPS) is 19.9. The second kappa shape index (κ2) is 6.32. The molecule has 1 aliphatic carbocycles. The van der Waals surface area contributed by atoms with Crippen LogP contribution in [-0.2, 0) is 20.8 Å². The zero-order valence-corrected chi connectivity index (χ0v) is 11.2. The van der Waals surface area contributed by atoms with Gasteiger partial charge in [0.25, 0.3) is 0 Å². The highest BCUT2D eigenvalue weighted by molar-refractivity contribution is 5.13. The van der Waals surface area contributed by atoms with E-state index in [1.54, 1.807) is 14.2 Å². The van der Waals surface area contributed by atoms with Gasteiger partial charge in [0.1, 0.15) is 0 Å². The highest BCUT2D eigenvalue weighted by atomic mass is 16.7. The molecule has 0 radical (unpaired) electrons. The average molecular weight is 250 g/mol. The Bertz CT molecular complexity index is 336. The molecule has 0 aliphatic heterocycles. The lowest BCUT2D eigenvalue weighted by atomic mass is 9.91. The Morgan fingerprint density at radius 2 is 1.67 bits per heavy atom. The molecule has 0 aromatic heterocycles.